The lowest BCUT2D eigenvalue weighted by molar-refractivity contribution is -0.123. The molecule has 4 heteroatoms. The smallest absolute Gasteiger partial charge is 0.258 e. The Morgan fingerprint density at radius 2 is 2.13 bits per heavy atom. The van der Waals surface area contributed by atoms with Gasteiger partial charge in [-0.1, -0.05) is 41.9 Å². The van der Waals surface area contributed by atoms with E-state index in [2.05, 4.69) is 17.4 Å². The minimum atomic E-state index is -0.121. The Morgan fingerprint density at radius 1 is 1.30 bits per heavy atom. The molecule has 23 heavy (non-hydrogen) atoms. The SMILES string of the molecule is Cc1ccc(Cl)c(OCC(=O)N[C@@H]2CCCc3ccccc32)c1. The van der Waals surface area contributed by atoms with Crippen molar-refractivity contribution in [3.8, 4) is 5.75 Å². The van der Waals surface area contributed by atoms with Gasteiger partial charge in [-0.3, -0.25) is 4.79 Å². The molecule has 1 aliphatic carbocycles. The number of aryl methyl sites for hydroxylation is 2. The van der Waals surface area contributed by atoms with Crippen molar-refractivity contribution in [2.75, 3.05) is 6.61 Å². The molecule has 1 N–H and O–H groups in total. The zero-order chi connectivity index (χ0) is 16.2. The summed E-state index contributed by atoms with van der Waals surface area (Å²) < 4.78 is 5.56. The molecule has 0 aromatic heterocycles. The quantitative estimate of drug-likeness (QED) is 0.912. The lowest BCUT2D eigenvalue weighted by Gasteiger charge is -2.26. The van der Waals surface area contributed by atoms with E-state index in [9.17, 15) is 4.79 Å². The van der Waals surface area contributed by atoms with Crippen LogP contribution in [0.25, 0.3) is 0 Å². The van der Waals surface area contributed by atoms with Crippen LogP contribution in [0.3, 0.4) is 0 Å². The first-order chi connectivity index (χ1) is 11.1. The first-order valence-corrected chi connectivity index (χ1v) is 8.27. The summed E-state index contributed by atoms with van der Waals surface area (Å²) in [6.45, 7) is 1.93. The predicted molar refractivity (Wildman–Crippen MR) is 91.9 cm³/mol. The summed E-state index contributed by atoms with van der Waals surface area (Å²) in [7, 11) is 0. The van der Waals surface area contributed by atoms with Gasteiger partial charge in [0.15, 0.2) is 6.61 Å². The van der Waals surface area contributed by atoms with Gasteiger partial charge in [-0.05, 0) is 55.0 Å². The molecule has 1 atom stereocenters. The Balaban J connectivity index is 1.61. The summed E-state index contributed by atoms with van der Waals surface area (Å²) in [5.74, 6) is 0.426. The molecule has 3 rings (SSSR count). The molecular weight excluding hydrogens is 310 g/mol. The highest BCUT2D eigenvalue weighted by atomic mass is 35.5. The third kappa shape index (κ3) is 3.85. The van der Waals surface area contributed by atoms with Crippen molar-refractivity contribution in [2.24, 2.45) is 0 Å². The van der Waals surface area contributed by atoms with Crippen molar-refractivity contribution < 1.29 is 9.53 Å². The molecule has 1 amide bonds. The minimum Gasteiger partial charge on any atom is -0.482 e. The van der Waals surface area contributed by atoms with E-state index in [-0.39, 0.29) is 18.6 Å². The molecule has 2 aromatic carbocycles. The molecule has 3 nitrogen and oxygen atoms in total. The van der Waals surface area contributed by atoms with E-state index < -0.39 is 0 Å². The van der Waals surface area contributed by atoms with E-state index in [1.807, 2.05) is 31.2 Å². The molecule has 0 aliphatic heterocycles. The second-order valence-electron chi connectivity index (χ2n) is 5.93. The van der Waals surface area contributed by atoms with Crippen LogP contribution in [0.2, 0.25) is 5.02 Å². The van der Waals surface area contributed by atoms with Crippen LogP contribution in [0, 0.1) is 6.92 Å². The standard InChI is InChI=1S/C19H20ClNO2/c1-13-9-10-16(20)18(11-13)23-12-19(22)21-17-8-4-6-14-5-2-3-7-15(14)17/h2-3,5,7,9-11,17H,4,6,8,12H2,1H3,(H,21,22)/t17-/m1/s1. The molecule has 0 fully saturated rings. The topological polar surface area (TPSA) is 38.3 Å². The number of benzene rings is 2. The third-order valence-electron chi connectivity index (χ3n) is 4.15. The number of hydrogen-bond donors (Lipinski definition) is 1. The average Bonchev–Trinajstić information content (AvgIpc) is 2.56. The van der Waals surface area contributed by atoms with Crippen LogP contribution in [0.15, 0.2) is 42.5 Å². The third-order valence-corrected chi connectivity index (χ3v) is 4.46. The maximum absolute atomic E-state index is 12.2. The van der Waals surface area contributed by atoms with Crippen LogP contribution >= 0.6 is 11.6 Å². The van der Waals surface area contributed by atoms with Crippen molar-refractivity contribution in [1.82, 2.24) is 5.32 Å². The molecule has 0 unspecified atom stereocenters. The van der Waals surface area contributed by atoms with E-state index >= 15 is 0 Å². The Kier molecular flexibility index (Phi) is 4.87. The first-order valence-electron chi connectivity index (χ1n) is 7.89. The largest absolute Gasteiger partial charge is 0.482 e. The fourth-order valence-electron chi connectivity index (χ4n) is 3.00. The molecule has 120 valence electrons. The number of carbonyl (C=O) groups is 1. The molecule has 0 heterocycles. The molecule has 0 saturated heterocycles. The van der Waals surface area contributed by atoms with Gasteiger partial charge in [0.05, 0.1) is 11.1 Å². The van der Waals surface area contributed by atoms with Crippen molar-refractivity contribution in [3.63, 3.8) is 0 Å². The fraction of sp³-hybridized carbons (Fsp3) is 0.316. The number of fused-ring (bicyclic) bond motifs is 1. The van der Waals surface area contributed by atoms with E-state index in [1.54, 1.807) is 6.07 Å². The highest BCUT2D eigenvalue weighted by molar-refractivity contribution is 6.32. The van der Waals surface area contributed by atoms with E-state index in [0.29, 0.717) is 10.8 Å². The van der Waals surface area contributed by atoms with Gasteiger partial charge in [-0.25, -0.2) is 0 Å². The van der Waals surface area contributed by atoms with Crippen molar-refractivity contribution in [3.05, 3.63) is 64.2 Å². The zero-order valence-electron chi connectivity index (χ0n) is 13.1. The molecule has 0 bridgehead atoms. The van der Waals surface area contributed by atoms with Gasteiger partial charge < -0.3 is 10.1 Å². The number of rotatable bonds is 4. The van der Waals surface area contributed by atoms with Gasteiger partial charge in [0.25, 0.3) is 5.91 Å². The Morgan fingerprint density at radius 3 is 3.00 bits per heavy atom. The maximum atomic E-state index is 12.2. The van der Waals surface area contributed by atoms with Crippen molar-refractivity contribution >= 4 is 17.5 Å². The van der Waals surface area contributed by atoms with Crippen LogP contribution in [0.5, 0.6) is 5.75 Å². The number of amides is 1. The number of hydrogen-bond acceptors (Lipinski definition) is 2. The Hall–Kier alpha value is -2.00. The van der Waals surface area contributed by atoms with E-state index in [0.717, 1.165) is 24.8 Å². The van der Waals surface area contributed by atoms with E-state index in [4.69, 9.17) is 16.3 Å². The first kappa shape index (κ1) is 15.9. The van der Waals surface area contributed by atoms with Gasteiger partial charge in [0.1, 0.15) is 5.75 Å². The monoisotopic (exact) mass is 329 g/mol. The summed E-state index contributed by atoms with van der Waals surface area (Å²) in [4.78, 5) is 12.2. The summed E-state index contributed by atoms with van der Waals surface area (Å²) in [6.07, 6.45) is 3.14. The predicted octanol–water partition coefficient (Wildman–Crippen LogP) is 4.22. The van der Waals surface area contributed by atoms with Crippen LogP contribution < -0.4 is 10.1 Å². The molecule has 0 saturated carbocycles. The van der Waals surface area contributed by atoms with Gasteiger partial charge in [-0.15, -0.1) is 0 Å². The fourth-order valence-corrected chi connectivity index (χ4v) is 3.18. The van der Waals surface area contributed by atoms with Crippen molar-refractivity contribution in [1.29, 1.82) is 0 Å². The maximum Gasteiger partial charge on any atom is 0.258 e. The molecule has 2 aromatic rings. The highest BCUT2D eigenvalue weighted by Crippen LogP contribution is 2.29. The van der Waals surface area contributed by atoms with Gasteiger partial charge in [-0.2, -0.15) is 0 Å². The number of carbonyl (C=O) groups excluding carboxylic acids is 1. The van der Waals surface area contributed by atoms with Crippen LogP contribution in [0.4, 0.5) is 0 Å². The second kappa shape index (κ2) is 7.05. The van der Waals surface area contributed by atoms with Crippen molar-refractivity contribution in [2.45, 2.75) is 32.2 Å². The second-order valence-corrected chi connectivity index (χ2v) is 6.34. The number of halogens is 1. The molecule has 1 aliphatic rings. The van der Waals surface area contributed by atoms with Crippen LogP contribution in [-0.4, -0.2) is 12.5 Å². The normalized spacial score (nSPS) is 16.5. The highest BCUT2D eigenvalue weighted by Gasteiger charge is 2.21. The van der Waals surface area contributed by atoms with Crippen LogP contribution in [-0.2, 0) is 11.2 Å². The summed E-state index contributed by atoms with van der Waals surface area (Å²) in [5.41, 5.74) is 3.60. The summed E-state index contributed by atoms with van der Waals surface area (Å²) in [6, 6.07) is 13.9. The zero-order valence-corrected chi connectivity index (χ0v) is 13.9. The number of nitrogens with one attached hydrogen (secondary N) is 1. The minimum absolute atomic E-state index is 0.0260. The van der Waals surface area contributed by atoms with Gasteiger partial charge in [0.2, 0.25) is 0 Å². The summed E-state index contributed by atoms with van der Waals surface area (Å²) in [5, 5.41) is 3.59. The lowest BCUT2D eigenvalue weighted by Crippen LogP contribution is -2.34. The Labute approximate surface area is 141 Å². The lowest BCUT2D eigenvalue weighted by atomic mass is 9.88. The van der Waals surface area contributed by atoms with Gasteiger partial charge in [0, 0.05) is 0 Å². The molecule has 0 spiro atoms. The van der Waals surface area contributed by atoms with E-state index in [1.165, 1.54) is 11.1 Å². The van der Waals surface area contributed by atoms with Crippen LogP contribution in [0.1, 0.15) is 35.6 Å². The summed E-state index contributed by atoms with van der Waals surface area (Å²) >= 11 is 6.08. The average molecular weight is 330 g/mol. The molecular formula is C19H20ClNO2. The number of ether oxygens (including phenoxy) is 1. The molecule has 0 radical (unpaired) electrons. The van der Waals surface area contributed by atoms with Gasteiger partial charge >= 0.3 is 0 Å². The Bertz CT molecular complexity index is 714.